The molecule has 0 bridgehead atoms. The van der Waals surface area contributed by atoms with E-state index >= 15 is 0 Å². The molecule has 6 atom stereocenters. The van der Waals surface area contributed by atoms with Crippen LogP contribution in [-0.4, -0.2) is 75.9 Å². The van der Waals surface area contributed by atoms with Crippen molar-refractivity contribution >= 4 is 35.3 Å². The van der Waals surface area contributed by atoms with Gasteiger partial charge in [0.2, 0.25) is 17.6 Å². The van der Waals surface area contributed by atoms with E-state index in [9.17, 15) is 28.8 Å². The van der Waals surface area contributed by atoms with Crippen molar-refractivity contribution in [3.05, 3.63) is 30.1 Å². The third-order valence-corrected chi connectivity index (χ3v) is 9.49. The minimum atomic E-state index is -1.11. The summed E-state index contributed by atoms with van der Waals surface area (Å²) >= 11 is 0. The number of carbonyl (C=O) groups excluding carboxylic acids is 6. The van der Waals surface area contributed by atoms with Gasteiger partial charge in [0.05, 0.1) is 12.1 Å². The van der Waals surface area contributed by atoms with Crippen LogP contribution in [0.5, 0.6) is 0 Å². The zero-order chi connectivity index (χ0) is 32.7. The Balaban J connectivity index is 1.53. The predicted molar refractivity (Wildman–Crippen MR) is 162 cm³/mol. The number of nitrogens with zero attached hydrogens (tertiary/aromatic N) is 2. The lowest BCUT2D eigenvalue weighted by Gasteiger charge is -2.38. The lowest BCUT2D eigenvalue weighted by molar-refractivity contribution is -0.145. The number of ketones is 2. The average Bonchev–Trinajstić information content (AvgIpc) is 3.80. The number of piperidine rings is 1. The Morgan fingerprint density at radius 3 is 2.16 bits per heavy atom. The van der Waals surface area contributed by atoms with Gasteiger partial charge in [0.15, 0.2) is 5.78 Å². The Kier molecular flexibility index (Phi) is 9.23. The van der Waals surface area contributed by atoms with Crippen molar-refractivity contribution in [2.24, 2.45) is 40.2 Å². The van der Waals surface area contributed by atoms with E-state index < -0.39 is 59.1 Å². The molecule has 240 valence electrons. The minimum Gasteiger partial charge on any atom is -0.363 e. The van der Waals surface area contributed by atoms with Crippen molar-refractivity contribution in [1.29, 1.82) is 0 Å². The first-order valence-corrected chi connectivity index (χ1v) is 15.4. The topological polar surface area (TPSA) is 181 Å². The highest BCUT2D eigenvalue weighted by Gasteiger charge is 2.70. The van der Waals surface area contributed by atoms with Crippen LogP contribution in [0.15, 0.2) is 24.5 Å². The standard InChI is InChI=1S/C32H46N6O6/c1-16(2)22(24(39)18-10-12-34-13-11-18)36-30(44)37-26(31(3,4)5)29(43)38-15-19-21(32(19,6)7)23(38)28(42)35-20(14-17-8-9-17)25(40)27(33)41/h10-13,16-17,19-23,26H,8-9,14-15H2,1-7H3,(H2,33,41)(H,35,42)(H2,36,37,44)/t19-,20?,21-,22-,23-,26+/m0/s1. The summed E-state index contributed by atoms with van der Waals surface area (Å²) in [7, 11) is 0. The van der Waals surface area contributed by atoms with Crippen LogP contribution in [-0.2, 0) is 19.2 Å². The quantitative estimate of drug-likeness (QED) is 0.206. The third kappa shape index (κ3) is 6.94. The molecule has 1 aromatic heterocycles. The zero-order valence-electron chi connectivity index (χ0n) is 26.7. The number of nitrogens with two attached hydrogens (primary N) is 1. The molecule has 44 heavy (non-hydrogen) atoms. The van der Waals surface area contributed by atoms with Crippen LogP contribution in [0.2, 0.25) is 0 Å². The number of likely N-dealkylation sites (tertiary alicyclic amines) is 1. The second-order valence-corrected chi connectivity index (χ2v) is 14.6. The minimum absolute atomic E-state index is 0.0636. The molecule has 5 N–H and O–H groups in total. The first-order valence-electron chi connectivity index (χ1n) is 15.4. The lowest BCUT2D eigenvalue weighted by Crippen LogP contribution is -2.62. The van der Waals surface area contributed by atoms with Gasteiger partial charge in [0.25, 0.3) is 5.91 Å². The van der Waals surface area contributed by atoms with Gasteiger partial charge >= 0.3 is 6.03 Å². The molecule has 1 saturated heterocycles. The maximum Gasteiger partial charge on any atom is 0.316 e. The summed E-state index contributed by atoms with van der Waals surface area (Å²) in [6.07, 6.45) is 5.16. The molecule has 2 saturated carbocycles. The fourth-order valence-corrected chi connectivity index (χ4v) is 6.52. The zero-order valence-corrected chi connectivity index (χ0v) is 26.7. The Bertz CT molecular complexity index is 1320. The van der Waals surface area contributed by atoms with Crippen LogP contribution < -0.4 is 21.7 Å². The number of aromatic nitrogens is 1. The van der Waals surface area contributed by atoms with E-state index in [4.69, 9.17) is 5.73 Å². The number of hydrogen-bond donors (Lipinski definition) is 4. The van der Waals surface area contributed by atoms with E-state index in [0.29, 0.717) is 18.5 Å². The van der Waals surface area contributed by atoms with Crippen LogP contribution in [0.25, 0.3) is 0 Å². The summed E-state index contributed by atoms with van der Waals surface area (Å²) in [6.45, 7) is 13.5. The molecule has 1 aromatic rings. The number of Topliss-reactive ketones (excluding diaryl/α,β-unsaturated/α-hetero) is 2. The van der Waals surface area contributed by atoms with Crippen molar-refractivity contribution in [3.8, 4) is 0 Å². The molecule has 0 spiro atoms. The van der Waals surface area contributed by atoms with E-state index in [2.05, 4.69) is 20.9 Å². The van der Waals surface area contributed by atoms with Crippen LogP contribution in [0.1, 0.15) is 78.1 Å². The Morgan fingerprint density at radius 1 is 1.02 bits per heavy atom. The molecule has 12 nitrogen and oxygen atoms in total. The number of primary amides is 1. The van der Waals surface area contributed by atoms with Gasteiger partial charge in [-0.2, -0.15) is 0 Å². The summed E-state index contributed by atoms with van der Waals surface area (Å²) in [5.41, 5.74) is 4.74. The number of pyridine rings is 1. The molecule has 3 fully saturated rings. The summed E-state index contributed by atoms with van der Waals surface area (Å²) in [5, 5.41) is 8.29. The number of fused-ring (bicyclic) bond motifs is 1. The molecule has 0 radical (unpaired) electrons. The highest BCUT2D eigenvalue weighted by Crippen LogP contribution is 2.65. The molecule has 1 aliphatic heterocycles. The summed E-state index contributed by atoms with van der Waals surface area (Å²) in [5.74, 6) is -3.25. The van der Waals surface area contributed by atoms with E-state index in [1.165, 1.54) is 17.3 Å². The van der Waals surface area contributed by atoms with E-state index in [-0.39, 0.29) is 34.9 Å². The summed E-state index contributed by atoms with van der Waals surface area (Å²) < 4.78 is 0. The number of hydrogen-bond acceptors (Lipinski definition) is 7. The normalized spacial score (nSPS) is 24.0. The fourth-order valence-electron chi connectivity index (χ4n) is 6.52. The Hall–Kier alpha value is -3.83. The van der Waals surface area contributed by atoms with Crippen LogP contribution in [0.4, 0.5) is 4.79 Å². The van der Waals surface area contributed by atoms with Gasteiger partial charge in [0, 0.05) is 24.5 Å². The van der Waals surface area contributed by atoms with E-state index in [1.54, 1.807) is 12.1 Å². The maximum atomic E-state index is 14.2. The number of nitrogens with one attached hydrogen (secondary N) is 3. The van der Waals surface area contributed by atoms with Gasteiger partial charge in [-0.3, -0.25) is 29.0 Å². The second-order valence-electron chi connectivity index (χ2n) is 14.6. The lowest BCUT2D eigenvalue weighted by atomic mass is 9.85. The van der Waals surface area contributed by atoms with Gasteiger partial charge in [-0.1, -0.05) is 61.3 Å². The largest absolute Gasteiger partial charge is 0.363 e. The second kappa shape index (κ2) is 12.3. The number of rotatable bonds is 12. The molecular formula is C32H46N6O6. The van der Waals surface area contributed by atoms with Crippen LogP contribution >= 0.6 is 0 Å². The van der Waals surface area contributed by atoms with Gasteiger partial charge in [0.1, 0.15) is 12.1 Å². The van der Waals surface area contributed by atoms with Crippen molar-refractivity contribution in [1.82, 2.24) is 25.8 Å². The number of amides is 5. The SMILES string of the molecule is CC(C)[C@H](NC(=O)N[C@H](C(=O)N1C[C@H]2[C@@H]([C@H]1C(=O)NC(CC1CC1)C(=O)C(N)=O)C2(C)C)C(C)(C)C)C(=O)c1ccncc1. The molecule has 3 aliphatic rings. The van der Waals surface area contributed by atoms with E-state index in [0.717, 1.165) is 12.8 Å². The first kappa shape index (κ1) is 33.1. The van der Waals surface area contributed by atoms with Crippen molar-refractivity contribution in [2.75, 3.05) is 6.54 Å². The fraction of sp³-hybridized carbons (Fsp3) is 0.656. The van der Waals surface area contributed by atoms with Crippen LogP contribution in [0, 0.1) is 34.5 Å². The van der Waals surface area contributed by atoms with Crippen LogP contribution in [0.3, 0.4) is 0 Å². The van der Waals surface area contributed by atoms with Crippen molar-refractivity contribution in [3.63, 3.8) is 0 Å². The van der Waals surface area contributed by atoms with Crippen molar-refractivity contribution in [2.45, 2.75) is 91.9 Å². The van der Waals surface area contributed by atoms with Gasteiger partial charge in [-0.05, 0) is 53.1 Å². The monoisotopic (exact) mass is 610 g/mol. The molecule has 0 aromatic carbocycles. The Morgan fingerprint density at radius 2 is 1.64 bits per heavy atom. The third-order valence-electron chi connectivity index (χ3n) is 9.49. The van der Waals surface area contributed by atoms with Gasteiger partial charge < -0.3 is 26.6 Å². The Labute approximate surface area is 258 Å². The average molecular weight is 611 g/mol. The molecule has 5 amide bonds. The molecule has 2 heterocycles. The molecule has 2 aliphatic carbocycles. The molecular weight excluding hydrogens is 564 g/mol. The first-order chi connectivity index (χ1) is 20.4. The highest BCUT2D eigenvalue weighted by atomic mass is 16.2. The van der Waals surface area contributed by atoms with Gasteiger partial charge in [-0.25, -0.2) is 4.79 Å². The predicted octanol–water partition coefficient (Wildman–Crippen LogP) is 1.83. The maximum absolute atomic E-state index is 14.2. The van der Waals surface area contributed by atoms with Gasteiger partial charge in [-0.15, -0.1) is 0 Å². The van der Waals surface area contributed by atoms with E-state index in [1.807, 2.05) is 48.5 Å². The summed E-state index contributed by atoms with van der Waals surface area (Å²) in [4.78, 5) is 84.2. The molecule has 4 rings (SSSR count). The number of carbonyl (C=O) groups is 6. The highest BCUT2D eigenvalue weighted by molar-refractivity contribution is 6.37. The molecule has 12 heteroatoms. The van der Waals surface area contributed by atoms with Crippen molar-refractivity contribution < 1.29 is 28.8 Å². The molecule has 1 unspecified atom stereocenters. The summed E-state index contributed by atoms with van der Waals surface area (Å²) in [6, 6.07) is -1.32. The smallest absolute Gasteiger partial charge is 0.316 e. The number of urea groups is 1.